The number of fused-ring (bicyclic) bond motifs is 4. The van der Waals surface area contributed by atoms with Gasteiger partial charge in [-0.25, -0.2) is 0 Å². The van der Waals surface area contributed by atoms with Gasteiger partial charge in [-0.15, -0.1) is 36.4 Å². The molecule has 4 aromatic carbocycles. The van der Waals surface area contributed by atoms with Crippen LogP contribution in [0.1, 0.15) is 0 Å². The summed E-state index contributed by atoms with van der Waals surface area (Å²) in [6.45, 7) is 0. The van der Waals surface area contributed by atoms with Crippen molar-refractivity contribution in [2.75, 3.05) is 0 Å². The van der Waals surface area contributed by atoms with Crippen molar-refractivity contribution in [3.8, 4) is 17.1 Å². The second kappa shape index (κ2) is 9.56. The zero-order valence-corrected chi connectivity index (χ0v) is 21.7. The quantitative estimate of drug-likeness (QED) is 0.200. The Bertz CT molecular complexity index is 1900. The molecule has 0 aliphatic heterocycles. The predicted octanol–water partition coefficient (Wildman–Crippen LogP) is 6.62. The van der Waals surface area contributed by atoms with E-state index in [2.05, 4.69) is 45.1 Å². The van der Waals surface area contributed by atoms with E-state index in [0.29, 0.717) is 5.58 Å². The number of hydrogen-bond donors (Lipinski definition) is 0. The van der Waals surface area contributed by atoms with Gasteiger partial charge in [0.2, 0.25) is 0 Å². The van der Waals surface area contributed by atoms with Gasteiger partial charge < -0.3 is 8.98 Å². The Balaban J connectivity index is 0.00000252. The number of benzene rings is 4. The van der Waals surface area contributed by atoms with Crippen LogP contribution in [0, 0.1) is 12.1 Å². The molecule has 7 aromatic rings. The number of nitrogens with zero attached hydrogens (tertiary/aromatic N) is 5. The first-order valence-corrected chi connectivity index (χ1v) is 11.6. The van der Waals surface area contributed by atoms with E-state index in [1.165, 1.54) is 0 Å². The molecule has 0 bridgehead atoms. The van der Waals surface area contributed by atoms with Gasteiger partial charge in [0.05, 0.1) is 5.52 Å². The van der Waals surface area contributed by atoms with E-state index in [4.69, 9.17) is 4.42 Å². The maximum absolute atomic E-state index is 6.53. The van der Waals surface area contributed by atoms with E-state index in [1.807, 2.05) is 85.2 Å². The molecule has 6 nitrogen and oxygen atoms in total. The van der Waals surface area contributed by atoms with Crippen LogP contribution in [0.3, 0.4) is 0 Å². The minimum Gasteiger partial charge on any atom is -0.514 e. The molecule has 180 valence electrons. The van der Waals surface area contributed by atoms with Crippen LogP contribution in [0.4, 0.5) is 0 Å². The first-order chi connectivity index (χ1) is 17.8. The van der Waals surface area contributed by atoms with Crippen molar-refractivity contribution in [1.82, 2.24) is 24.1 Å². The van der Waals surface area contributed by atoms with Gasteiger partial charge in [0, 0.05) is 41.1 Å². The van der Waals surface area contributed by atoms with Gasteiger partial charge in [0.25, 0.3) is 0 Å². The summed E-state index contributed by atoms with van der Waals surface area (Å²) in [5.74, 6) is 0. The second-order valence-electron chi connectivity index (χ2n) is 8.33. The average molecular weight is 661 g/mol. The molecule has 7 heteroatoms. The van der Waals surface area contributed by atoms with Crippen molar-refractivity contribution in [3.63, 3.8) is 0 Å². The van der Waals surface area contributed by atoms with Crippen molar-refractivity contribution >= 4 is 33.0 Å². The average Bonchev–Trinajstić information content (AvgIpc) is 3.65. The molecule has 0 radical (unpaired) electrons. The molecule has 3 aromatic heterocycles. The van der Waals surface area contributed by atoms with Crippen molar-refractivity contribution in [1.29, 1.82) is 0 Å². The third kappa shape index (κ3) is 4.05. The zero-order chi connectivity index (χ0) is 23.9. The summed E-state index contributed by atoms with van der Waals surface area (Å²) >= 11 is 0. The van der Waals surface area contributed by atoms with Gasteiger partial charge in [0.1, 0.15) is 5.58 Å². The minimum absolute atomic E-state index is 0. The van der Waals surface area contributed by atoms with Crippen molar-refractivity contribution in [3.05, 3.63) is 128 Å². The largest absolute Gasteiger partial charge is 2.00 e. The predicted molar refractivity (Wildman–Crippen MR) is 140 cm³/mol. The van der Waals surface area contributed by atoms with Crippen molar-refractivity contribution < 1.29 is 25.5 Å². The monoisotopic (exact) mass is 660 g/mol. The molecular weight excluding hydrogens is 641 g/mol. The van der Waals surface area contributed by atoms with Gasteiger partial charge in [-0.05, 0) is 41.2 Å². The Morgan fingerprint density at radius 1 is 0.568 bits per heavy atom. The summed E-state index contributed by atoms with van der Waals surface area (Å²) < 4.78 is 12.3. The van der Waals surface area contributed by atoms with Crippen LogP contribution in [0.25, 0.3) is 50.0 Å². The number of hydrogen-bond acceptors (Lipinski definition) is 3. The molecule has 37 heavy (non-hydrogen) atoms. The number of para-hydroxylation sites is 2. The van der Waals surface area contributed by atoms with E-state index >= 15 is 0 Å². The Hall–Kier alpha value is -4.41. The Labute approximate surface area is 227 Å². The summed E-state index contributed by atoms with van der Waals surface area (Å²) in [6, 6.07) is 37.3. The maximum atomic E-state index is 6.53. The number of aromatic nitrogens is 5. The molecule has 0 aliphatic rings. The van der Waals surface area contributed by atoms with Gasteiger partial charge >= 0.3 is 21.1 Å². The van der Waals surface area contributed by atoms with Gasteiger partial charge in [0.15, 0.2) is 0 Å². The summed E-state index contributed by atoms with van der Waals surface area (Å²) in [7, 11) is 0. The standard InChI is InChI=1S/C30H19N5O.Pt/c1-3-12-27-25(10-1)26-11-2-4-13-29(26)36-30-15-14-23(34-19-7-17-32-34)21-28(30)35(27)24-9-5-8-22(20-24)33-18-6-16-31-33;/h1-19H;/q-2;+2. The normalized spacial score (nSPS) is 11.0. The van der Waals surface area contributed by atoms with E-state index in [1.54, 1.807) is 21.8 Å². The van der Waals surface area contributed by atoms with Crippen LogP contribution in [0.15, 0.2) is 120 Å². The molecule has 0 N–H and O–H groups in total. The van der Waals surface area contributed by atoms with Gasteiger partial charge in [-0.3, -0.25) is 9.36 Å². The topological polar surface area (TPSA) is 53.7 Å². The fourth-order valence-electron chi connectivity index (χ4n) is 4.54. The second-order valence-corrected chi connectivity index (χ2v) is 8.33. The van der Waals surface area contributed by atoms with Gasteiger partial charge in [-0.1, -0.05) is 42.1 Å². The summed E-state index contributed by atoms with van der Waals surface area (Å²) in [5.41, 5.74) is 5.72. The fraction of sp³-hybridized carbons (Fsp3) is 0. The van der Waals surface area contributed by atoms with Crippen LogP contribution in [0.5, 0.6) is 0 Å². The Morgan fingerprint density at radius 2 is 1.24 bits per heavy atom. The van der Waals surface area contributed by atoms with Crippen LogP contribution >= 0.6 is 0 Å². The zero-order valence-electron chi connectivity index (χ0n) is 19.4. The smallest absolute Gasteiger partial charge is 0.514 e. The van der Waals surface area contributed by atoms with Crippen molar-refractivity contribution in [2.24, 2.45) is 0 Å². The van der Waals surface area contributed by atoms with E-state index < -0.39 is 0 Å². The molecule has 0 aliphatic carbocycles. The van der Waals surface area contributed by atoms with E-state index in [-0.39, 0.29) is 21.1 Å². The third-order valence-corrected chi connectivity index (χ3v) is 6.15. The molecule has 7 rings (SSSR count). The van der Waals surface area contributed by atoms with Crippen LogP contribution in [-0.2, 0) is 21.1 Å². The molecule has 3 heterocycles. The van der Waals surface area contributed by atoms with Crippen LogP contribution in [0.2, 0.25) is 0 Å². The summed E-state index contributed by atoms with van der Waals surface area (Å²) in [4.78, 5) is 0. The Morgan fingerprint density at radius 3 is 2.00 bits per heavy atom. The SMILES string of the molecule is [Pt+2].[c-]1c(-n2cccn2)cccc1-n1c2[c-]c(-n3cccn3)ccc2oc2ccccc2c2ccccc21. The van der Waals surface area contributed by atoms with Crippen molar-refractivity contribution in [2.45, 2.75) is 0 Å². The molecule has 0 unspecified atom stereocenters. The summed E-state index contributed by atoms with van der Waals surface area (Å²) in [5, 5.41) is 10.9. The number of rotatable bonds is 3. The van der Waals surface area contributed by atoms with E-state index in [9.17, 15) is 0 Å². The maximum Gasteiger partial charge on any atom is 2.00 e. The molecule has 0 atom stereocenters. The Kier molecular flexibility index (Phi) is 5.95. The first-order valence-electron chi connectivity index (χ1n) is 11.6. The van der Waals surface area contributed by atoms with Gasteiger partial charge in [-0.2, -0.15) is 16.3 Å². The molecule has 0 amide bonds. The summed E-state index contributed by atoms with van der Waals surface area (Å²) in [6.07, 6.45) is 7.33. The molecule has 0 saturated carbocycles. The molecular formula is C30H19N5OPt. The molecule has 0 fully saturated rings. The molecule has 0 saturated heterocycles. The minimum atomic E-state index is 0. The van der Waals surface area contributed by atoms with E-state index in [0.717, 1.165) is 44.5 Å². The van der Waals surface area contributed by atoms with Crippen LogP contribution in [-0.4, -0.2) is 24.1 Å². The fourth-order valence-corrected chi connectivity index (χ4v) is 4.54. The molecule has 0 spiro atoms. The van der Waals surface area contributed by atoms with Crippen LogP contribution < -0.4 is 0 Å². The third-order valence-electron chi connectivity index (χ3n) is 6.15. The first kappa shape index (κ1) is 23.0.